The second-order valence-corrected chi connectivity index (χ2v) is 7.52. The summed E-state index contributed by atoms with van der Waals surface area (Å²) in [6.45, 7) is -0.333. The largest absolute Gasteiger partial charge is 0.465 e. The van der Waals surface area contributed by atoms with Gasteiger partial charge in [-0.3, -0.25) is 9.36 Å². The molecule has 0 aliphatic carbocycles. The molecule has 0 aliphatic heterocycles. The van der Waals surface area contributed by atoms with Crippen molar-refractivity contribution in [3.05, 3.63) is 93.6 Å². The van der Waals surface area contributed by atoms with Crippen molar-refractivity contribution < 1.29 is 18.7 Å². The van der Waals surface area contributed by atoms with Crippen LogP contribution in [0.2, 0.25) is 5.02 Å². The van der Waals surface area contributed by atoms with Gasteiger partial charge in [0.2, 0.25) is 5.91 Å². The molecule has 0 saturated carbocycles. The van der Waals surface area contributed by atoms with Gasteiger partial charge in [0.15, 0.2) is 0 Å². The zero-order valence-corrected chi connectivity index (χ0v) is 18.1. The summed E-state index contributed by atoms with van der Waals surface area (Å²) in [6, 6.07) is 16.8. The number of amides is 1. The van der Waals surface area contributed by atoms with Crippen molar-refractivity contribution in [2.45, 2.75) is 6.54 Å². The maximum Gasteiger partial charge on any atom is 0.349 e. The number of methoxy groups -OCH3 is 1. The van der Waals surface area contributed by atoms with Crippen molar-refractivity contribution in [3.8, 4) is 11.3 Å². The van der Waals surface area contributed by atoms with E-state index < -0.39 is 23.4 Å². The third kappa shape index (κ3) is 4.61. The molecule has 0 spiro atoms. The first kappa shape index (κ1) is 22.2. The summed E-state index contributed by atoms with van der Waals surface area (Å²) in [5.41, 5.74) is 0.745. The molecule has 0 atom stereocenters. The highest BCUT2D eigenvalue weighted by molar-refractivity contribution is 6.31. The van der Waals surface area contributed by atoms with Gasteiger partial charge < -0.3 is 10.1 Å². The molecule has 1 heterocycles. The number of fused-ring (bicyclic) bond motifs is 1. The van der Waals surface area contributed by atoms with Crippen LogP contribution in [-0.2, 0) is 16.1 Å². The number of benzene rings is 3. The Morgan fingerprint density at radius 3 is 2.52 bits per heavy atom. The number of rotatable bonds is 5. The van der Waals surface area contributed by atoms with E-state index in [0.29, 0.717) is 27.2 Å². The van der Waals surface area contributed by atoms with Gasteiger partial charge in [-0.05, 0) is 54.6 Å². The fourth-order valence-corrected chi connectivity index (χ4v) is 3.59. The minimum atomic E-state index is -0.709. The van der Waals surface area contributed by atoms with Gasteiger partial charge in [0.1, 0.15) is 12.4 Å². The van der Waals surface area contributed by atoms with Crippen LogP contribution >= 0.6 is 11.6 Å². The Balaban J connectivity index is 1.69. The van der Waals surface area contributed by atoms with Crippen LogP contribution in [0.25, 0.3) is 22.2 Å². The quantitative estimate of drug-likeness (QED) is 0.444. The molecule has 0 radical (unpaired) electrons. The van der Waals surface area contributed by atoms with Gasteiger partial charge in [0.25, 0.3) is 0 Å². The average molecular weight is 466 g/mol. The highest BCUT2D eigenvalue weighted by Gasteiger charge is 2.17. The van der Waals surface area contributed by atoms with Crippen LogP contribution in [0.15, 0.2) is 71.5 Å². The highest BCUT2D eigenvalue weighted by Crippen LogP contribution is 2.29. The molecule has 0 aliphatic rings. The molecule has 1 amide bonds. The second-order valence-electron chi connectivity index (χ2n) is 7.09. The van der Waals surface area contributed by atoms with E-state index in [0.717, 1.165) is 0 Å². The van der Waals surface area contributed by atoms with Crippen molar-refractivity contribution in [2.24, 2.45) is 0 Å². The molecular formula is C24H17ClFN3O4. The van der Waals surface area contributed by atoms with Crippen molar-refractivity contribution in [2.75, 3.05) is 12.4 Å². The first-order chi connectivity index (χ1) is 15.9. The van der Waals surface area contributed by atoms with E-state index in [1.807, 2.05) is 0 Å². The summed E-state index contributed by atoms with van der Waals surface area (Å²) < 4.78 is 20.2. The highest BCUT2D eigenvalue weighted by atomic mass is 35.5. The minimum absolute atomic E-state index is 0.144. The van der Waals surface area contributed by atoms with E-state index in [-0.39, 0.29) is 17.8 Å². The number of ether oxygens (including phenoxy) is 1. The van der Waals surface area contributed by atoms with Crippen molar-refractivity contribution in [1.82, 2.24) is 9.55 Å². The number of anilines is 1. The molecule has 33 heavy (non-hydrogen) atoms. The third-order valence-corrected chi connectivity index (χ3v) is 5.20. The Hall–Kier alpha value is -4.04. The lowest BCUT2D eigenvalue weighted by Crippen LogP contribution is -2.30. The molecular weight excluding hydrogens is 449 g/mol. The predicted molar refractivity (Wildman–Crippen MR) is 123 cm³/mol. The molecule has 0 unspecified atom stereocenters. The lowest BCUT2D eigenvalue weighted by atomic mass is 10.1. The fraction of sp³-hybridized carbons (Fsp3) is 0.0833. The lowest BCUT2D eigenvalue weighted by molar-refractivity contribution is -0.116. The molecule has 0 saturated heterocycles. The van der Waals surface area contributed by atoms with Crippen LogP contribution in [0.4, 0.5) is 10.1 Å². The molecule has 4 aromatic rings. The number of aromatic nitrogens is 2. The standard InChI is InChI=1S/C24H17ClFN3O4/c1-33-23(31)14-6-9-16(10-7-14)27-21(30)13-29-20-11-8-15(25)12-18(20)22(28-24(29)32)17-4-2-3-5-19(17)26/h2-12H,13H2,1H3,(H,27,30). The smallest absolute Gasteiger partial charge is 0.349 e. The molecule has 1 N–H and O–H groups in total. The summed E-state index contributed by atoms with van der Waals surface area (Å²) >= 11 is 6.15. The number of esters is 1. The summed E-state index contributed by atoms with van der Waals surface area (Å²) in [4.78, 5) is 41.1. The van der Waals surface area contributed by atoms with Crippen molar-refractivity contribution >= 4 is 40.1 Å². The van der Waals surface area contributed by atoms with Crippen LogP contribution in [0.3, 0.4) is 0 Å². The van der Waals surface area contributed by atoms with E-state index in [4.69, 9.17) is 11.6 Å². The first-order valence-electron chi connectivity index (χ1n) is 9.80. The van der Waals surface area contributed by atoms with E-state index in [2.05, 4.69) is 15.0 Å². The van der Waals surface area contributed by atoms with Gasteiger partial charge in [-0.15, -0.1) is 0 Å². The lowest BCUT2D eigenvalue weighted by Gasteiger charge is -2.14. The predicted octanol–water partition coefficient (Wildman–Crippen LogP) is 4.28. The molecule has 166 valence electrons. The molecule has 0 fully saturated rings. The van der Waals surface area contributed by atoms with Gasteiger partial charge in [-0.1, -0.05) is 23.7 Å². The van der Waals surface area contributed by atoms with Crippen LogP contribution in [0, 0.1) is 5.82 Å². The van der Waals surface area contributed by atoms with Gasteiger partial charge in [-0.2, -0.15) is 4.98 Å². The fourth-order valence-electron chi connectivity index (χ4n) is 3.42. The number of hydrogen-bond donors (Lipinski definition) is 1. The van der Waals surface area contributed by atoms with Crippen LogP contribution in [-0.4, -0.2) is 28.5 Å². The van der Waals surface area contributed by atoms with Crippen LogP contribution < -0.4 is 11.0 Å². The van der Waals surface area contributed by atoms with Gasteiger partial charge in [0.05, 0.1) is 23.9 Å². The number of nitrogens with zero attached hydrogens (tertiary/aromatic N) is 2. The Morgan fingerprint density at radius 1 is 1.09 bits per heavy atom. The Kier molecular flexibility index (Phi) is 6.19. The number of carbonyl (C=O) groups is 2. The first-order valence-corrected chi connectivity index (χ1v) is 10.2. The minimum Gasteiger partial charge on any atom is -0.465 e. The van der Waals surface area contributed by atoms with Gasteiger partial charge in [0, 0.05) is 21.7 Å². The van der Waals surface area contributed by atoms with Gasteiger partial charge in [-0.25, -0.2) is 14.0 Å². The van der Waals surface area contributed by atoms with Gasteiger partial charge >= 0.3 is 11.7 Å². The Morgan fingerprint density at radius 2 is 1.82 bits per heavy atom. The number of halogens is 2. The summed E-state index contributed by atoms with van der Waals surface area (Å²) in [5, 5.41) is 3.48. The van der Waals surface area contributed by atoms with E-state index in [1.165, 1.54) is 42.0 Å². The maximum atomic E-state index is 14.4. The average Bonchev–Trinajstić information content (AvgIpc) is 2.81. The summed E-state index contributed by atoms with van der Waals surface area (Å²) in [7, 11) is 1.28. The van der Waals surface area contributed by atoms with E-state index in [9.17, 15) is 18.8 Å². The van der Waals surface area contributed by atoms with Crippen molar-refractivity contribution in [1.29, 1.82) is 0 Å². The number of hydrogen-bond acceptors (Lipinski definition) is 5. The normalized spacial score (nSPS) is 10.8. The molecule has 4 rings (SSSR count). The zero-order valence-electron chi connectivity index (χ0n) is 17.3. The molecule has 1 aromatic heterocycles. The van der Waals surface area contributed by atoms with E-state index in [1.54, 1.807) is 36.4 Å². The topological polar surface area (TPSA) is 90.3 Å². The molecule has 3 aromatic carbocycles. The van der Waals surface area contributed by atoms with E-state index >= 15 is 0 Å². The maximum absolute atomic E-state index is 14.4. The Labute approximate surface area is 192 Å². The molecule has 9 heteroatoms. The zero-order chi connectivity index (χ0) is 23.5. The third-order valence-electron chi connectivity index (χ3n) is 4.96. The summed E-state index contributed by atoms with van der Waals surface area (Å²) in [5.74, 6) is -1.51. The Bertz CT molecular complexity index is 1430. The monoisotopic (exact) mass is 465 g/mol. The second kappa shape index (κ2) is 9.22. The molecule has 7 nitrogen and oxygen atoms in total. The number of nitrogens with one attached hydrogen (secondary N) is 1. The van der Waals surface area contributed by atoms with Crippen LogP contribution in [0.1, 0.15) is 10.4 Å². The molecule has 0 bridgehead atoms. The summed E-state index contributed by atoms with van der Waals surface area (Å²) in [6.07, 6.45) is 0. The van der Waals surface area contributed by atoms with Crippen LogP contribution in [0.5, 0.6) is 0 Å². The SMILES string of the molecule is COC(=O)c1ccc(NC(=O)Cn2c(=O)nc(-c3ccccc3F)c3cc(Cl)ccc32)cc1. The number of carbonyl (C=O) groups excluding carboxylic acids is 2. The van der Waals surface area contributed by atoms with Crippen molar-refractivity contribution in [3.63, 3.8) is 0 Å².